The lowest BCUT2D eigenvalue weighted by Gasteiger charge is -2.35. The van der Waals surface area contributed by atoms with Gasteiger partial charge in [-0.2, -0.15) is 0 Å². The van der Waals surface area contributed by atoms with Gasteiger partial charge in [-0.1, -0.05) is 67.2 Å². The standard InChI is InChI=1S/C22H28NO2/c1-19(2)22(24)25-16-10-15-23(3,17-20-11-6-4-7-12-20)18-21-13-8-5-9-14-21/h4-9,11-14H,1,10,15-18H2,2-3H3/q+1. The molecular formula is C22H28NO2+. The maximum Gasteiger partial charge on any atom is 0.333 e. The van der Waals surface area contributed by atoms with Crippen molar-refractivity contribution in [2.24, 2.45) is 0 Å². The molecule has 0 aliphatic heterocycles. The molecule has 0 saturated carbocycles. The number of carbonyl (C=O) groups excluding carboxylic acids is 1. The number of hydrogen-bond acceptors (Lipinski definition) is 2. The number of hydrogen-bond donors (Lipinski definition) is 0. The summed E-state index contributed by atoms with van der Waals surface area (Å²) >= 11 is 0. The first kappa shape index (κ1) is 18.9. The van der Waals surface area contributed by atoms with Gasteiger partial charge in [-0.3, -0.25) is 0 Å². The zero-order chi connectivity index (χ0) is 18.1. The van der Waals surface area contributed by atoms with Crippen LogP contribution < -0.4 is 0 Å². The summed E-state index contributed by atoms with van der Waals surface area (Å²) < 4.78 is 6.12. The number of ether oxygens (including phenoxy) is 1. The Morgan fingerprint density at radius 3 is 1.88 bits per heavy atom. The van der Waals surface area contributed by atoms with Crippen molar-refractivity contribution in [3.8, 4) is 0 Å². The number of rotatable bonds is 9. The fourth-order valence-electron chi connectivity index (χ4n) is 3.00. The molecular weight excluding hydrogens is 310 g/mol. The minimum Gasteiger partial charge on any atom is -0.462 e. The smallest absolute Gasteiger partial charge is 0.333 e. The van der Waals surface area contributed by atoms with Crippen LogP contribution in [-0.2, 0) is 22.6 Å². The summed E-state index contributed by atoms with van der Waals surface area (Å²) in [6.07, 6.45) is 0.829. The highest BCUT2D eigenvalue weighted by atomic mass is 16.5. The monoisotopic (exact) mass is 338 g/mol. The molecule has 0 fully saturated rings. The summed E-state index contributed by atoms with van der Waals surface area (Å²) in [5.74, 6) is -0.305. The van der Waals surface area contributed by atoms with Gasteiger partial charge in [0.15, 0.2) is 0 Å². The fraction of sp³-hybridized carbons (Fsp3) is 0.318. The summed E-state index contributed by atoms with van der Waals surface area (Å²) in [7, 11) is 2.26. The van der Waals surface area contributed by atoms with Gasteiger partial charge < -0.3 is 9.22 Å². The van der Waals surface area contributed by atoms with Gasteiger partial charge in [-0.15, -0.1) is 0 Å². The molecule has 3 heteroatoms. The van der Waals surface area contributed by atoms with E-state index in [2.05, 4.69) is 62.2 Å². The van der Waals surface area contributed by atoms with Gasteiger partial charge in [-0.05, 0) is 6.92 Å². The number of quaternary nitrogens is 1. The zero-order valence-electron chi connectivity index (χ0n) is 15.3. The molecule has 0 aromatic heterocycles. The average molecular weight is 338 g/mol. The molecule has 0 radical (unpaired) electrons. The van der Waals surface area contributed by atoms with Gasteiger partial charge in [0.1, 0.15) is 13.1 Å². The molecule has 0 aliphatic rings. The molecule has 0 bridgehead atoms. The molecule has 0 N–H and O–H groups in total. The second-order valence-corrected chi connectivity index (χ2v) is 6.90. The van der Waals surface area contributed by atoms with Crippen molar-refractivity contribution in [3.05, 3.63) is 83.9 Å². The van der Waals surface area contributed by atoms with Crippen LogP contribution in [0.4, 0.5) is 0 Å². The number of nitrogens with zero attached hydrogens (tertiary/aromatic N) is 1. The molecule has 0 atom stereocenters. The molecule has 0 heterocycles. The minimum atomic E-state index is -0.305. The normalized spacial score (nSPS) is 11.1. The maximum absolute atomic E-state index is 11.5. The van der Waals surface area contributed by atoms with E-state index in [4.69, 9.17) is 4.74 Å². The summed E-state index contributed by atoms with van der Waals surface area (Å²) in [5, 5.41) is 0. The van der Waals surface area contributed by atoms with Gasteiger partial charge in [-0.25, -0.2) is 4.79 Å². The Balaban J connectivity index is 2.01. The van der Waals surface area contributed by atoms with E-state index in [1.807, 2.05) is 12.1 Å². The molecule has 0 unspecified atom stereocenters. The lowest BCUT2D eigenvalue weighted by atomic mass is 10.1. The van der Waals surface area contributed by atoms with Crippen LogP contribution in [-0.4, -0.2) is 30.7 Å². The van der Waals surface area contributed by atoms with Crippen molar-refractivity contribution in [1.29, 1.82) is 0 Å². The SMILES string of the molecule is C=C(C)C(=O)OCCC[N+](C)(Cc1ccccc1)Cc1ccccc1. The van der Waals surface area contributed by atoms with E-state index in [0.717, 1.165) is 30.5 Å². The zero-order valence-corrected chi connectivity index (χ0v) is 15.3. The first-order valence-corrected chi connectivity index (χ1v) is 8.72. The predicted octanol–water partition coefficient (Wildman–Crippen LogP) is 4.34. The van der Waals surface area contributed by atoms with Crippen LogP contribution in [0.3, 0.4) is 0 Å². The van der Waals surface area contributed by atoms with E-state index in [0.29, 0.717) is 12.2 Å². The molecule has 3 nitrogen and oxygen atoms in total. The first-order chi connectivity index (χ1) is 12.0. The highest BCUT2D eigenvalue weighted by Gasteiger charge is 2.22. The molecule has 2 rings (SSSR count). The van der Waals surface area contributed by atoms with E-state index < -0.39 is 0 Å². The Morgan fingerprint density at radius 2 is 1.44 bits per heavy atom. The van der Waals surface area contributed by atoms with E-state index in [1.165, 1.54) is 11.1 Å². The molecule has 0 saturated heterocycles. The molecule has 0 amide bonds. The fourth-order valence-corrected chi connectivity index (χ4v) is 3.00. The number of esters is 1. The molecule has 25 heavy (non-hydrogen) atoms. The topological polar surface area (TPSA) is 26.3 Å². The van der Waals surface area contributed by atoms with Crippen molar-refractivity contribution >= 4 is 5.97 Å². The van der Waals surface area contributed by atoms with Crippen molar-refractivity contribution in [3.63, 3.8) is 0 Å². The third-order valence-electron chi connectivity index (χ3n) is 4.24. The van der Waals surface area contributed by atoms with Crippen molar-refractivity contribution in [2.45, 2.75) is 26.4 Å². The quantitative estimate of drug-likeness (QED) is 0.294. The molecule has 2 aromatic carbocycles. The van der Waals surface area contributed by atoms with Crippen molar-refractivity contribution in [1.82, 2.24) is 0 Å². The van der Waals surface area contributed by atoms with Crippen LogP contribution in [0.2, 0.25) is 0 Å². The van der Waals surface area contributed by atoms with Crippen LogP contribution in [0.5, 0.6) is 0 Å². The van der Waals surface area contributed by atoms with Crippen LogP contribution in [0.15, 0.2) is 72.8 Å². The summed E-state index contributed by atoms with van der Waals surface area (Å²) in [6, 6.07) is 21.1. The van der Waals surface area contributed by atoms with Crippen molar-refractivity contribution in [2.75, 3.05) is 20.2 Å². The number of carbonyl (C=O) groups is 1. The van der Waals surface area contributed by atoms with E-state index in [-0.39, 0.29) is 5.97 Å². The lowest BCUT2D eigenvalue weighted by molar-refractivity contribution is -0.935. The predicted molar refractivity (Wildman–Crippen MR) is 102 cm³/mol. The third kappa shape index (κ3) is 6.55. The Labute approximate surface area is 151 Å². The first-order valence-electron chi connectivity index (χ1n) is 8.72. The number of benzene rings is 2. The van der Waals surface area contributed by atoms with Gasteiger partial charge >= 0.3 is 5.97 Å². The van der Waals surface area contributed by atoms with Gasteiger partial charge in [0.05, 0.1) is 20.2 Å². The second kappa shape index (κ2) is 9.19. The van der Waals surface area contributed by atoms with Gasteiger partial charge in [0.2, 0.25) is 0 Å². The van der Waals surface area contributed by atoms with E-state index in [9.17, 15) is 4.79 Å². The summed E-state index contributed by atoms with van der Waals surface area (Å²) in [6.45, 7) is 8.56. The Morgan fingerprint density at radius 1 is 0.960 bits per heavy atom. The maximum atomic E-state index is 11.5. The van der Waals surface area contributed by atoms with Crippen molar-refractivity contribution < 1.29 is 14.0 Å². The summed E-state index contributed by atoms with van der Waals surface area (Å²) in [4.78, 5) is 11.5. The van der Waals surface area contributed by atoms with Gasteiger partial charge in [0, 0.05) is 23.1 Å². The minimum absolute atomic E-state index is 0.305. The third-order valence-corrected chi connectivity index (χ3v) is 4.24. The summed E-state index contributed by atoms with van der Waals surface area (Å²) in [5.41, 5.74) is 3.09. The largest absolute Gasteiger partial charge is 0.462 e. The van der Waals surface area contributed by atoms with E-state index in [1.54, 1.807) is 6.92 Å². The molecule has 132 valence electrons. The Kier molecular flexibility index (Phi) is 6.96. The second-order valence-electron chi connectivity index (χ2n) is 6.90. The Hall–Kier alpha value is -2.39. The highest BCUT2D eigenvalue weighted by molar-refractivity contribution is 5.86. The van der Waals surface area contributed by atoms with Crippen LogP contribution in [0, 0.1) is 0 Å². The molecule has 0 spiro atoms. The molecule has 0 aliphatic carbocycles. The Bertz CT molecular complexity index is 638. The van der Waals surface area contributed by atoms with Crippen LogP contribution in [0.1, 0.15) is 24.5 Å². The molecule has 2 aromatic rings. The average Bonchev–Trinajstić information content (AvgIpc) is 2.60. The lowest BCUT2D eigenvalue weighted by Crippen LogP contribution is -2.43. The van der Waals surface area contributed by atoms with Crippen LogP contribution >= 0.6 is 0 Å². The van der Waals surface area contributed by atoms with Gasteiger partial charge in [0.25, 0.3) is 0 Å². The highest BCUT2D eigenvalue weighted by Crippen LogP contribution is 2.18. The van der Waals surface area contributed by atoms with Crippen LogP contribution in [0.25, 0.3) is 0 Å². The van der Waals surface area contributed by atoms with E-state index >= 15 is 0 Å².